The van der Waals surface area contributed by atoms with Gasteiger partial charge in [-0.25, -0.2) is 0 Å². The van der Waals surface area contributed by atoms with Crippen LogP contribution in [0.2, 0.25) is 0 Å². The van der Waals surface area contributed by atoms with Crippen molar-refractivity contribution in [3.63, 3.8) is 0 Å². The third kappa shape index (κ3) is 2.79. The van der Waals surface area contributed by atoms with Crippen LogP contribution in [0.4, 0.5) is 11.4 Å². The Morgan fingerprint density at radius 2 is 1.09 bits per heavy atom. The van der Waals surface area contributed by atoms with Crippen molar-refractivity contribution in [3.8, 4) is 11.1 Å². The molecule has 1 aliphatic carbocycles. The lowest BCUT2D eigenvalue weighted by Crippen LogP contribution is -2.23. The summed E-state index contributed by atoms with van der Waals surface area (Å²) >= 11 is 1.88. The van der Waals surface area contributed by atoms with E-state index in [-0.39, 0.29) is 10.8 Å². The fourth-order valence-electron chi connectivity index (χ4n) is 5.47. The number of hydrogen-bond donors (Lipinski definition) is 1. The van der Waals surface area contributed by atoms with Gasteiger partial charge in [0.1, 0.15) is 0 Å². The minimum Gasteiger partial charge on any atom is -0.356 e. The summed E-state index contributed by atoms with van der Waals surface area (Å²) in [7, 11) is 0. The number of rotatable bonds is 2. The minimum atomic E-state index is -0.0174. The highest BCUT2D eigenvalue weighted by Crippen LogP contribution is 2.51. The van der Waals surface area contributed by atoms with Crippen LogP contribution in [0.1, 0.15) is 49.9 Å². The summed E-state index contributed by atoms with van der Waals surface area (Å²) in [5, 5.41) is 3.70. The summed E-state index contributed by atoms with van der Waals surface area (Å²) in [6.45, 7) is 9.33. The first-order chi connectivity index (χ1) is 15.4. The van der Waals surface area contributed by atoms with Crippen LogP contribution in [-0.4, -0.2) is 0 Å². The summed E-state index contributed by atoms with van der Waals surface area (Å²) in [6, 6.07) is 31.2. The van der Waals surface area contributed by atoms with Crippen molar-refractivity contribution in [1.82, 2.24) is 0 Å². The summed E-state index contributed by atoms with van der Waals surface area (Å²) < 4.78 is 0. The second-order valence-electron chi connectivity index (χ2n) is 9.99. The van der Waals surface area contributed by atoms with Gasteiger partial charge in [-0.3, -0.25) is 0 Å². The third-order valence-electron chi connectivity index (χ3n) is 7.31. The SMILES string of the molecule is CC1(C)c2ccccc2Sc2ccc(Nc3ccc4c(c3)C(C)(C)c3ccccc3-4)cc21. The van der Waals surface area contributed by atoms with E-state index in [9.17, 15) is 0 Å². The normalized spacial score (nSPS) is 16.5. The average Bonchev–Trinajstić information content (AvgIpc) is 3.01. The lowest BCUT2D eigenvalue weighted by atomic mass is 9.77. The fourth-order valence-corrected chi connectivity index (χ4v) is 6.85. The van der Waals surface area contributed by atoms with Crippen molar-refractivity contribution >= 4 is 23.1 Å². The van der Waals surface area contributed by atoms with E-state index in [1.165, 1.54) is 43.2 Å². The highest BCUT2D eigenvalue weighted by Gasteiger charge is 2.35. The van der Waals surface area contributed by atoms with Crippen LogP contribution in [0.3, 0.4) is 0 Å². The van der Waals surface area contributed by atoms with E-state index in [1.54, 1.807) is 0 Å². The Bertz CT molecular complexity index is 1380. The molecule has 0 bridgehead atoms. The largest absolute Gasteiger partial charge is 0.356 e. The second kappa shape index (κ2) is 6.76. The third-order valence-corrected chi connectivity index (χ3v) is 8.46. The molecule has 0 amide bonds. The molecule has 4 aromatic rings. The van der Waals surface area contributed by atoms with Crippen molar-refractivity contribution in [1.29, 1.82) is 0 Å². The van der Waals surface area contributed by atoms with E-state index in [2.05, 4.69) is 118 Å². The summed E-state index contributed by atoms with van der Waals surface area (Å²) in [6.07, 6.45) is 0. The number of anilines is 2. The van der Waals surface area contributed by atoms with Gasteiger partial charge in [0.05, 0.1) is 0 Å². The number of nitrogens with one attached hydrogen (secondary N) is 1. The van der Waals surface area contributed by atoms with E-state index >= 15 is 0 Å². The predicted molar refractivity (Wildman–Crippen MR) is 136 cm³/mol. The van der Waals surface area contributed by atoms with Gasteiger partial charge in [0, 0.05) is 32.0 Å². The van der Waals surface area contributed by atoms with Gasteiger partial charge in [-0.1, -0.05) is 88.0 Å². The topological polar surface area (TPSA) is 12.0 Å². The molecule has 1 heterocycles. The maximum Gasteiger partial charge on any atom is 0.0388 e. The van der Waals surface area contributed by atoms with Gasteiger partial charge in [0.2, 0.25) is 0 Å². The molecule has 0 radical (unpaired) electrons. The molecule has 0 saturated carbocycles. The molecule has 0 fully saturated rings. The van der Waals surface area contributed by atoms with E-state index < -0.39 is 0 Å². The highest BCUT2D eigenvalue weighted by molar-refractivity contribution is 7.99. The van der Waals surface area contributed by atoms with Crippen LogP contribution in [0.15, 0.2) is 94.7 Å². The van der Waals surface area contributed by atoms with E-state index in [0.717, 1.165) is 11.4 Å². The molecule has 32 heavy (non-hydrogen) atoms. The minimum absolute atomic E-state index is 0.0157. The monoisotopic (exact) mass is 433 g/mol. The van der Waals surface area contributed by atoms with Gasteiger partial charge in [-0.05, 0) is 69.8 Å². The van der Waals surface area contributed by atoms with Crippen LogP contribution >= 0.6 is 11.8 Å². The molecule has 158 valence electrons. The highest BCUT2D eigenvalue weighted by atomic mass is 32.2. The Kier molecular flexibility index (Phi) is 4.16. The fraction of sp³-hybridized carbons (Fsp3) is 0.200. The molecule has 0 atom stereocenters. The Morgan fingerprint density at radius 1 is 0.531 bits per heavy atom. The molecule has 0 unspecified atom stereocenters. The first-order valence-corrected chi connectivity index (χ1v) is 12.1. The zero-order chi connectivity index (χ0) is 22.1. The average molecular weight is 434 g/mol. The van der Waals surface area contributed by atoms with E-state index in [4.69, 9.17) is 0 Å². The summed E-state index contributed by atoms with van der Waals surface area (Å²) in [5.41, 5.74) is 10.6. The molecule has 1 aliphatic heterocycles. The molecule has 0 aromatic heterocycles. The predicted octanol–water partition coefficient (Wildman–Crippen LogP) is 8.53. The molecule has 2 aliphatic rings. The van der Waals surface area contributed by atoms with Gasteiger partial charge in [0.25, 0.3) is 0 Å². The lowest BCUT2D eigenvalue weighted by molar-refractivity contribution is 0.607. The zero-order valence-corrected chi connectivity index (χ0v) is 19.8. The van der Waals surface area contributed by atoms with Gasteiger partial charge in [-0.15, -0.1) is 0 Å². The van der Waals surface area contributed by atoms with E-state index in [0.29, 0.717) is 0 Å². The molecular weight excluding hydrogens is 406 g/mol. The number of benzene rings is 4. The second-order valence-corrected chi connectivity index (χ2v) is 11.1. The van der Waals surface area contributed by atoms with Crippen molar-refractivity contribution in [2.75, 3.05) is 5.32 Å². The smallest absolute Gasteiger partial charge is 0.0388 e. The maximum atomic E-state index is 3.70. The Balaban J connectivity index is 1.37. The van der Waals surface area contributed by atoms with Gasteiger partial charge >= 0.3 is 0 Å². The van der Waals surface area contributed by atoms with Crippen LogP contribution in [0.25, 0.3) is 11.1 Å². The van der Waals surface area contributed by atoms with Crippen LogP contribution in [0.5, 0.6) is 0 Å². The molecule has 0 spiro atoms. The molecular formula is C30H27NS. The summed E-state index contributed by atoms with van der Waals surface area (Å²) in [4.78, 5) is 2.72. The van der Waals surface area contributed by atoms with Crippen molar-refractivity contribution in [3.05, 3.63) is 107 Å². The van der Waals surface area contributed by atoms with Crippen LogP contribution < -0.4 is 5.32 Å². The first kappa shape index (κ1) is 19.7. The molecule has 2 heteroatoms. The van der Waals surface area contributed by atoms with Crippen molar-refractivity contribution in [2.45, 2.75) is 48.3 Å². The molecule has 1 nitrogen and oxygen atoms in total. The zero-order valence-electron chi connectivity index (χ0n) is 19.0. The Hall–Kier alpha value is -2.97. The molecule has 1 N–H and O–H groups in total. The molecule has 6 rings (SSSR count). The number of fused-ring (bicyclic) bond motifs is 5. The van der Waals surface area contributed by atoms with Crippen LogP contribution in [0, 0.1) is 0 Å². The Labute approximate surface area is 194 Å². The first-order valence-electron chi connectivity index (χ1n) is 11.3. The van der Waals surface area contributed by atoms with Gasteiger partial charge in [0.15, 0.2) is 0 Å². The van der Waals surface area contributed by atoms with Gasteiger partial charge in [-0.2, -0.15) is 0 Å². The molecule has 4 aromatic carbocycles. The lowest BCUT2D eigenvalue weighted by Gasteiger charge is -2.34. The van der Waals surface area contributed by atoms with Crippen molar-refractivity contribution < 1.29 is 0 Å². The standard InChI is InChI=1S/C30H27NS/c1-29(2)23-10-6-5-9-21(23)22-15-13-19(17-25(22)29)31-20-14-16-28-26(18-20)30(3,4)24-11-7-8-12-27(24)32-28/h5-18,31H,1-4H3. The maximum absolute atomic E-state index is 3.70. The van der Waals surface area contributed by atoms with E-state index in [1.807, 2.05) is 11.8 Å². The van der Waals surface area contributed by atoms with Gasteiger partial charge < -0.3 is 5.32 Å². The quantitative estimate of drug-likeness (QED) is 0.340. The van der Waals surface area contributed by atoms with Crippen molar-refractivity contribution in [2.24, 2.45) is 0 Å². The Morgan fingerprint density at radius 3 is 1.91 bits per heavy atom. The summed E-state index contributed by atoms with van der Waals surface area (Å²) in [5.74, 6) is 0. The molecule has 0 saturated heterocycles. The van der Waals surface area contributed by atoms with Crippen LogP contribution in [-0.2, 0) is 10.8 Å². The number of hydrogen-bond acceptors (Lipinski definition) is 2.